The molecule has 10 nitrogen and oxygen atoms in total. The number of nitrogens with one attached hydrogen (secondary N) is 1. The molecule has 2 aliphatic rings. The molecule has 1 N–H and O–H groups in total. The molecule has 190 valence electrons. The average molecular weight is 535 g/mol. The number of amides is 2. The lowest BCUT2D eigenvalue weighted by atomic mass is 9.81. The number of anilines is 2. The van der Waals surface area contributed by atoms with Gasteiger partial charge in [0.15, 0.2) is 0 Å². The van der Waals surface area contributed by atoms with E-state index in [9.17, 15) is 27.6 Å². The van der Waals surface area contributed by atoms with Crippen LogP contribution >= 0.6 is 11.6 Å². The van der Waals surface area contributed by atoms with Gasteiger partial charge in [0.2, 0.25) is 11.8 Å². The van der Waals surface area contributed by atoms with E-state index in [4.69, 9.17) is 11.6 Å². The number of imide groups is 1. The predicted molar refractivity (Wildman–Crippen MR) is 129 cm³/mol. The van der Waals surface area contributed by atoms with Crippen molar-refractivity contribution in [2.75, 3.05) is 23.8 Å². The summed E-state index contributed by atoms with van der Waals surface area (Å²) in [4.78, 5) is 50.8. The third kappa shape index (κ3) is 4.68. The monoisotopic (exact) mass is 534 g/mol. The van der Waals surface area contributed by atoms with E-state index in [2.05, 4.69) is 14.2 Å². The third-order valence-electron chi connectivity index (χ3n) is 6.34. The van der Waals surface area contributed by atoms with Gasteiger partial charge in [-0.2, -0.15) is 0 Å². The van der Waals surface area contributed by atoms with Gasteiger partial charge >= 0.3 is 11.9 Å². The maximum Gasteiger partial charge on any atom is 0.337 e. The molecule has 2 aromatic carbocycles. The van der Waals surface area contributed by atoms with Gasteiger partial charge in [0, 0.05) is 0 Å². The number of methoxy groups -OCH3 is 2. The Morgan fingerprint density at radius 1 is 0.917 bits per heavy atom. The first kappa shape index (κ1) is 25.6. The van der Waals surface area contributed by atoms with Crippen molar-refractivity contribution in [1.82, 2.24) is 0 Å². The zero-order valence-corrected chi connectivity index (χ0v) is 21.0. The van der Waals surface area contributed by atoms with Crippen molar-refractivity contribution in [3.63, 3.8) is 0 Å². The molecule has 1 saturated carbocycles. The highest BCUT2D eigenvalue weighted by Gasteiger charge is 2.49. The first-order valence-electron chi connectivity index (χ1n) is 11.1. The predicted octanol–water partition coefficient (Wildman–Crippen LogP) is 3.39. The van der Waals surface area contributed by atoms with Crippen molar-refractivity contribution >= 4 is 56.8 Å². The lowest BCUT2D eigenvalue weighted by Crippen LogP contribution is -2.31. The molecule has 4 rings (SSSR count). The molecule has 36 heavy (non-hydrogen) atoms. The number of rotatable bonds is 6. The molecule has 1 aliphatic carbocycles. The van der Waals surface area contributed by atoms with Gasteiger partial charge in [-0.05, 0) is 49.2 Å². The Bertz CT molecular complexity index is 1320. The second-order valence-electron chi connectivity index (χ2n) is 8.51. The minimum Gasteiger partial charge on any atom is -0.465 e. The summed E-state index contributed by atoms with van der Waals surface area (Å²) >= 11 is 6.29. The van der Waals surface area contributed by atoms with E-state index < -0.39 is 33.8 Å². The second-order valence-corrected chi connectivity index (χ2v) is 10.6. The number of benzene rings is 2. The Hall–Kier alpha value is -3.44. The van der Waals surface area contributed by atoms with E-state index in [1.807, 2.05) is 0 Å². The molecule has 2 atom stereocenters. The number of nitrogens with zero attached hydrogens (tertiary/aromatic N) is 1. The van der Waals surface area contributed by atoms with Crippen LogP contribution in [0.3, 0.4) is 0 Å². The summed E-state index contributed by atoms with van der Waals surface area (Å²) in [5, 5.41) is 0.0509. The molecule has 1 saturated heterocycles. The SMILES string of the molecule is COC(=O)c1cc(NS(=O)(=O)c2ccc(Cl)c(N3C(=O)[C@H]4CCCC[C@H]4C3=O)c2)cc(C(=O)OC)c1. The Morgan fingerprint density at radius 3 is 1.94 bits per heavy atom. The molecule has 0 spiro atoms. The van der Waals surface area contributed by atoms with E-state index >= 15 is 0 Å². The van der Waals surface area contributed by atoms with Crippen molar-refractivity contribution in [1.29, 1.82) is 0 Å². The Kier molecular flexibility index (Phi) is 7.05. The van der Waals surface area contributed by atoms with Crippen LogP contribution in [0.4, 0.5) is 11.4 Å². The largest absolute Gasteiger partial charge is 0.465 e. The Balaban J connectivity index is 1.70. The molecule has 0 unspecified atom stereocenters. The standard InChI is InChI=1S/C24H23ClN2O8S/c1-34-23(30)13-9-14(24(31)35-2)11-15(10-13)26-36(32,33)16-7-8-19(25)20(12-16)27-21(28)17-5-3-4-6-18(17)22(27)29/h7-12,17-18,26H,3-6H2,1-2H3/t17-,18+. The number of fused-ring (bicyclic) bond motifs is 1. The van der Waals surface area contributed by atoms with E-state index in [0.717, 1.165) is 38.0 Å². The Labute approximate surface area is 212 Å². The summed E-state index contributed by atoms with van der Waals surface area (Å²) in [6.45, 7) is 0. The van der Waals surface area contributed by atoms with Gasteiger partial charge in [-0.1, -0.05) is 24.4 Å². The van der Waals surface area contributed by atoms with E-state index in [-0.39, 0.29) is 44.2 Å². The summed E-state index contributed by atoms with van der Waals surface area (Å²) in [7, 11) is -2.02. The Morgan fingerprint density at radius 2 is 1.44 bits per heavy atom. The van der Waals surface area contributed by atoms with Crippen LogP contribution in [0.2, 0.25) is 5.02 Å². The van der Waals surface area contributed by atoms with Gasteiger partial charge < -0.3 is 9.47 Å². The van der Waals surface area contributed by atoms with Gasteiger partial charge in [-0.15, -0.1) is 0 Å². The molecule has 2 aromatic rings. The van der Waals surface area contributed by atoms with Crippen LogP contribution in [-0.2, 0) is 29.1 Å². The van der Waals surface area contributed by atoms with Crippen molar-refractivity contribution in [2.45, 2.75) is 30.6 Å². The maximum absolute atomic E-state index is 13.2. The minimum absolute atomic E-state index is 0.0116. The van der Waals surface area contributed by atoms with Gasteiger partial charge in [0.05, 0.1) is 58.5 Å². The third-order valence-corrected chi connectivity index (χ3v) is 8.04. The highest BCUT2D eigenvalue weighted by molar-refractivity contribution is 7.92. The molecule has 0 aromatic heterocycles. The van der Waals surface area contributed by atoms with Crippen molar-refractivity contribution in [3.8, 4) is 0 Å². The summed E-state index contributed by atoms with van der Waals surface area (Å²) in [6, 6.07) is 7.27. The number of carbonyl (C=O) groups is 4. The van der Waals surface area contributed by atoms with Gasteiger partial charge in [-0.3, -0.25) is 14.3 Å². The van der Waals surface area contributed by atoms with Crippen LogP contribution in [0.15, 0.2) is 41.3 Å². The molecular formula is C24H23ClN2O8S. The normalized spacial score (nSPS) is 19.6. The van der Waals surface area contributed by atoms with Crippen LogP contribution in [0, 0.1) is 11.8 Å². The summed E-state index contributed by atoms with van der Waals surface area (Å²) in [5.41, 5.74) is -0.270. The van der Waals surface area contributed by atoms with Crippen LogP contribution in [-0.4, -0.2) is 46.4 Å². The van der Waals surface area contributed by atoms with Crippen molar-refractivity contribution in [2.24, 2.45) is 11.8 Å². The lowest BCUT2D eigenvalue weighted by molar-refractivity contribution is -0.122. The fourth-order valence-corrected chi connectivity index (χ4v) is 5.86. The fourth-order valence-electron chi connectivity index (χ4n) is 4.60. The van der Waals surface area contributed by atoms with Crippen molar-refractivity contribution in [3.05, 3.63) is 52.5 Å². The number of hydrogen-bond acceptors (Lipinski definition) is 8. The highest BCUT2D eigenvalue weighted by atomic mass is 35.5. The smallest absolute Gasteiger partial charge is 0.337 e. The summed E-state index contributed by atoms with van der Waals surface area (Å²) in [5.74, 6) is -3.22. The molecule has 12 heteroatoms. The number of halogens is 1. The number of esters is 2. The fraction of sp³-hybridized carbons (Fsp3) is 0.333. The van der Waals surface area contributed by atoms with Gasteiger partial charge in [0.25, 0.3) is 10.0 Å². The van der Waals surface area contributed by atoms with Crippen LogP contribution in [0.5, 0.6) is 0 Å². The molecule has 2 amide bonds. The minimum atomic E-state index is -4.30. The van der Waals surface area contributed by atoms with E-state index in [1.54, 1.807) is 0 Å². The molecule has 1 heterocycles. The quantitative estimate of drug-likeness (QED) is 0.440. The highest BCUT2D eigenvalue weighted by Crippen LogP contribution is 2.42. The average Bonchev–Trinajstić information content (AvgIpc) is 3.12. The molecular weight excluding hydrogens is 512 g/mol. The second kappa shape index (κ2) is 9.90. The van der Waals surface area contributed by atoms with E-state index in [1.165, 1.54) is 30.3 Å². The molecule has 2 fully saturated rings. The topological polar surface area (TPSA) is 136 Å². The lowest BCUT2D eigenvalue weighted by Gasteiger charge is -2.19. The molecule has 0 radical (unpaired) electrons. The summed E-state index contributed by atoms with van der Waals surface area (Å²) in [6.07, 6.45) is 2.89. The maximum atomic E-state index is 13.2. The van der Waals surface area contributed by atoms with Gasteiger partial charge in [-0.25, -0.2) is 22.9 Å². The first-order valence-corrected chi connectivity index (χ1v) is 13.0. The number of carbonyl (C=O) groups excluding carboxylic acids is 4. The van der Waals surface area contributed by atoms with Crippen LogP contribution in [0.1, 0.15) is 46.4 Å². The van der Waals surface area contributed by atoms with Crippen LogP contribution < -0.4 is 9.62 Å². The number of ether oxygens (including phenoxy) is 2. The number of sulfonamides is 1. The van der Waals surface area contributed by atoms with Crippen LogP contribution in [0.25, 0.3) is 0 Å². The number of hydrogen-bond donors (Lipinski definition) is 1. The van der Waals surface area contributed by atoms with E-state index in [0.29, 0.717) is 12.8 Å². The van der Waals surface area contributed by atoms with Crippen molar-refractivity contribution < 1.29 is 37.1 Å². The summed E-state index contributed by atoms with van der Waals surface area (Å²) < 4.78 is 38.1. The first-order chi connectivity index (χ1) is 17.1. The molecule has 1 aliphatic heterocycles. The zero-order valence-electron chi connectivity index (χ0n) is 19.4. The molecule has 0 bridgehead atoms. The van der Waals surface area contributed by atoms with Gasteiger partial charge in [0.1, 0.15) is 0 Å². The zero-order chi connectivity index (χ0) is 26.2.